The van der Waals surface area contributed by atoms with E-state index in [4.69, 9.17) is 0 Å². The number of rotatable bonds is 1. The van der Waals surface area contributed by atoms with Gasteiger partial charge in [-0.25, -0.2) is 0 Å². The first-order valence-electron chi connectivity index (χ1n) is 1.96. The van der Waals surface area contributed by atoms with Gasteiger partial charge >= 0.3 is 0 Å². The third-order valence-electron chi connectivity index (χ3n) is 0.0333. The Morgan fingerprint density at radius 1 is 1.10 bits per heavy atom. The van der Waals surface area contributed by atoms with Gasteiger partial charge in [0.15, 0.2) is 0 Å². The Morgan fingerprint density at radius 3 is 1.20 bits per heavy atom. The lowest BCUT2D eigenvalue weighted by Gasteiger charge is -1.56. The normalized spacial score (nSPS) is 6.00. The van der Waals surface area contributed by atoms with E-state index in [1.807, 2.05) is 0 Å². The average Bonchev–Trinajstić information content (AvgIpc) is 1.94. The van der Waals surface area contributed by atoms with Crippen LogP contribution in [-0.2, 0) is 23.6 Å². The zero-order valence-corrected chi connectivity index (χ0v) is 8.57. The van der Waals surface area contributed by atoms with Crippen LogP contribution in [0, 0.1) is 0 Å². The summed E-state index contributed by atoms with van der Waals surface area (Å²) >= 11 is 8.82. The molecule has 0 fully saturated rings. The lowest BCUT2D eigenvalue weighted by atomic mass is 11.3. The van der Waals surface area contributed by atoms with Gasteiger partial charge in [-0.05, 0) is 30.7 Å². The molecule has 10 heavy (non-hydrogen) atoms. The van der Waals surface area contributed by atoms with Gasteiger partial charge in [0.25, 0.3) is 0 Å². The zero-order valence-electron chi connectivity index (χ0n) is 5.15. The maximum Gasteiger partial charge on any atom is 0.0464 e. The van der Waals surface area contributed by atoms with Gasteiger partial charge in [-0.3, -0.25) is 0 Å². The molecule has 0 aromatic heterocycles. The molecule has 0 aliphatic carbocycles. The van der Waals surface area contributed by atoms with Crippen molar-refractivity contribution in [3.63, 3.8) is 0 Å². The van der Waals surface area contributed by atoms with Crippen LogP contribution >= 0.6 is 14.1 Å². The van der Waals surface area contributed by atoms with Crippen LogP contribution < -0.4 is 17.2 Å². The Balaban J connectivity index is -0.0000000273. The van der Waals surface area contributed by atoms with Gasteiger partial charge in [0.05, 0.1) is 0 Å². The summed E-state index contributed by atoms with van der Waals surface area (Å²) in [5.74, 6) is 0. The fraction of sp³-hybridized carbons (Fsp3) is 1.00. The minimum Gasteiger partial charge on any atom is -0.333 e. The Labute approximate surface area is 76.3 Å². The van der Waals surface area contributed by atoms with E-state index in [0.29, 0.717) is 0 Å². The summed E-state index contributed by atoms with van der Waals surface area (Å²) < 4.78 is 0. The van der Waals surface area contributed by atoms with Crippen molar-refractivity contribution in [1.29, 1.82) is 0 Å². The maximum atomic E-state index is 4.62. The van der Waals surface area contributed by atoms with Crippen molar-refractivity contribution in [2.24, 2.45) is 17.2 Å². The molecule has 0 rings (SSSR count). The lowest BCUT2D eigenvalue weighted by Crippen LogP contribution is -2.08. The monoisotopic (exact) mass is 219 g/mol. The fourth-order valence-corrected chi connectivity index (χ4v) is 0. The maximum absolute atomic E-state index is 4.62. The van der Waals surface area contributed by atoms with Gasteiger partial charge in [-0.1, -0.05) is 7.43 Å². The molecule has 0 aliphatic heterocycles. The molecule has 0 aromatic rings. The van der Waals surface area contributed by atoms with Gasteiger partial charge < -0.3 is 17.2 Å². The second kappa shape index (κ2) is 51.4. The highest BCUT2D eigenvalue weighted by Gasteiger charge is 1.39. The van der Waals surface area contributed by atoms with Crippen LogP contribution in [0.2, 0.25) is 0 Å². The van der Waals surface area contributed by atoms with Gasteiger partial charge in [-0.2, -0.15) is 0 Å². The number of hydrogen-bond acceptors (Lipinski definition) is 5. The van der Waals surface area contributed by atoms with E-state index in [-0.39, 0.29) is 14.1 Å². The highest BCUT2D eigenvalue weighted by atomic mass is 32.7. The van der Waals surface area contributed by atoms with E-state index < -0.39 is 0 Å². The van der Waals surface area contributed by atoms with Crippen LogP contribution in [0.1, 0.15) is 7.43 Å². The highest BCUT2D eigenvalue weighted by Crippen LogP contribution is 2.10. The molecule has 7 heteroatoms. The first-order chi connectivity index (χ1) is 4.33. The molecule has 0 saturated carbocycles. The van der Waals surface area contributed by atoms with Crippen LogP contribution in [0.4, 0.5) is 0 Å². The van der Waals surface area contributed by atoms with Crippen molar-refractivity contribution in [2.75, 3.05) is 13.7 Å². The molecule has 0 aliphatic rings. The molecule has 0 amide bonds. The molecule has 6 N–H and O–H groups in total. The van der Waals surface area contributed by atoms with E-state index in [9.17, 15) is 0 Å². The molecule has 64 valence electrons. The molecule has 0 radical (unpaired) electrons. The van der Waals surface area contributed by atoms with Gasteiger partial charge in [0.1, 0.15) is 0 Å². The quantitative estimate of drug-likeness (QED) is 0.449. The predicted octanol–water partition coefficient (Wildman–Crippen LogP) is 0.790. The van der Waals surface area contributed by atoms with E-state index >= 15 is 0 Å². The molecule has 0 bridgehead atoms. The minimum atomic E-state index is 0. The second-order valence-electron chi connectivity index (χ2n) is 0.399. The highest BCUT2D eigenvalue weighted by molar-refractivity contribution is 8.40. The Kier molecular flexibility index (Phi) is 115. The van der Waals surface area contributed by atoms with E-state index in [0.717, 1.165) is 14.1 Å². The summed E-state index contributed by atoms with van der Waals surface area (Å²) in [7, 11) is 3.24. The molecule has 0 saturated heterocycles. The Bertz CT molecular complexity index is 49.0. The SMILES string of the molecule is C.CN.NCN.S=PP=S. The summed E-state index contributed by atoms with van der Waals surface area (Å²) in [5, 5.41) is 0. The summed E-state index contributed by atoms with van der Waals surface area (Å²) in [5.41, 5.74) is 13.8. The third kappa shape index (κ3) is 152. The molecule has 0 unspecified atom stereocenters. The van der Waals surface area contributed by atoms with Crippen molar-refractivity contribution in [3.05, 3.63) is 0 Å². The number of hydrogen-bond donors (Lipinski definition) is 3. The van der Waals surface area contributed by atoms with Crippen LogP contribution in [0.3, 0.4) is 0 Å². The Morgan fingerprint density at radius 2 is 1.20 bits per heavy atom. The van der Waals surface area contributed by atoms with Gasteiger partial charge in [-0.15, -0.1) is 0 Å². The largest absolute Gasteiger partial charge is 0.333 e. The second-order valence-corrected chi connectivity index (χ2v) is 4.64. The standard InChI is InChI=1S/CH6N2.CH5N.CH4.P2S2/c2-1-3;1-2;;3-1-2-4/h1-3H2;2H2,1H3;1H4;. The number of nitrogens with two attached hydrogens (primary N) is 3. The average molecular weight is 219 g/mol. The molecule has 3 nitrogen and oxygen atoms in total. The lowest BCUT2D eigenvalue weighted by molar-refractivity contribution is 1.07. The molecular formula is C3H15N3P2S2. The van der Waals surface area contributed by atoms with Crippen LogP contribution in [-0.4, -0.2) is 13.7 Å². The summed E-state index contributed by atoms with van der Waals surface area (Å²) in [6.07, 6.45) is 0. The van der Waals surface area contributed by atoms with E-state index in [1.165, 1.54) is 7.05 Å². The van der Waals surface area contributed by atoms with E-state index in [1.54, 1.807) is 0 Å². The van der Waals surface area contributed by atoms with Gasteiger partial charge in [0.2, 0.25) is 0 Å². The van der Waals surface area contributed by atoms with Crippen molar-refractivity contribution in [2.45, 2.75) is 7.43 Å². The smallest absolute Gasteiger partial charge is 0.0464 e. The third-order valence-corrected chi connectivity index (χ3v) is 2.70. The van der Waals surface area contributed by atoms with Crippen LogP contribution in [0.5, 0.6) is 0 Å². The molecule has 0 heterocycles. The summed E-state index contributed by atoms with van der Waals surface area (Å²) in [4.78, 5) is 0. The summed E-state index contributed by atoms with van der Waals surface area (Å²) in [6.45, 7) is 0.250. The van der Waals surface area contributed by atoms with Crippen molar-refractivity contribution in [1.82, 2.24) is 0 Å². The van der Waals surface area contributed by atoms with Crippen molar-refractivity contribution < 1.29 is 0 Å². The van der Waals surface area contributed by atoms with Crippen LogP contribution in [0.25, 0.3) is 0 Å². The fourth-order valence-electron chi connectivity index (χ4n) is 0. The van der Waals surface area contributed by atoms with E-state index in [2.05, 4.69) is 40.8 Å². The molecule has 0 aromatic carbocycles. The topological polar surface area (TPSA) is 78.1 Å². The molecule has 0 spiro atoms. The molecule has 0 atom stereocenters. The zero-order chi connectivity index (χ0) is 8.12. The first-order valence-corrected chi connectivity index (χ1v) is 6.48. The van der Waals surface area contributed by atoms with Crippen LogP contribution in [0.15, 0.2) is 0 Å². The minimum absolute atomic E-state index is 0. The van der Waals surface area contributed by atoms with Gasteiger partial charge in [0, 0.05) is 20.8 Å². The summed E-state index contributed by atoms with van der Waals surface area (Å²) in [6, 6.07) is 0. The Hall–Kier alpha value is 0.920. The predicted molar refractivity (Wildman–Crippen MR) is 58.7 cm³/mol. The van der Waals surface area contributed by atoms with Crippen molar-refractivity contribution >= 4 is 37.7 Å². The first kappa shape index (κ1) is 22.4. The molecular weight excluding hydrogens is 204 g/mol. The van der Waals surface area contributed by atoms with Crippen molar-refractivity contribution in [3.8, 4) is 0 Å².